The molecule has 0 bridgehead atoms. The summed E-state index contributed by atoms with van der Waals surface area (Å²) in [5.74, 6) is 1.71. The molecule has 2 saturated heterocycles. The van der Waals surface area contributed by atoms with Crippen molar-refractivity contribution in [1.82, 2.24) is 19.9 Å². The van der Waals surface area contributed by atoms with Crippen LogP contribution in [0.5, 0.6) is 5.75 Å². The van der Waals surface area contributed by atoms with Crippen molar-refractivity contribution in [2.45, 2.75) is 44.2 Å². The van der Waals surface area contributed by atoms with Crippen molar-refractivity contribution in [2.75, 3.05) is 43.6 Å². The molecule has 2 fully saturated rings. The Kier molecular flexibility index (Phi) is 8.77. The lowest BCUT2D eigenvalue weighted by Gasteiger charge is -2.24. The Hall–Kier alpha value is -4.25. The summed E-state index contributed by atoms with van der Waals surface area (Å²) in [7, 11) is 1.93. The van der Waals surface area contributed by atoms with Gasteiger partial charge in [0.15, 0.2) is 0 Å². The molecule has 2 aliphatic heterocycles. The zero-order valence-electron chi connectivity index (χ0n) is 25.4. The third-order valence-corrected chi connectivity index (χ3v) is 9.64. The molecule has 9 nitrogen and oxygen atoms in total. The minimum atomic E-state index is -0.0939. The molecule has 2 aliphatic rings. The van der Waals surface area contributed by atoms with Gasteiger partial charge in [-0.15, -0.1) is 11.3 Å². The highest BCUT2D eigenvalue weighted by atomic mass is 32.1. The summed E-state index contributed by atoms with van der Waals surface area (Å²) in [5, 5.41) is 9.65. The predicted molar refractivity (Wildman–Crippen MR) is 181 cm³/mol. The summed E-state index contributed by atoms with van der Waals surface area (Å²) < 4.78 is 13.6. The van der Waals surface area contributed by atoms with Gasteiger partial charge in [0.2, 0.25) is 5.95 Å². The van der Waals surface area contributed by atoms with Crippen LogP contribution in [0.1, 0.15) is 42.0 Å². The number of benzene rings is 2. The van der Waals surface area contributed by atoms with Gasteiger partial charge in [0, 0.05) is 54.6 Å². The van der Waals surface area contributed by atoms with E-state index >= 15 is 0 Å². The molecule has 45 heavy (non-hydrogen) atoms. The van der Waals surface area contributed by atoms with Crippen molar-refractivity contribution in [2.24, 2.45) is 0 Å². The number of nitrogens with zero attached hydrogens (tertiary/aromatic N) is 4. The number of para-hydroxylation sites is 1. The van der Waals surface area contributed by atoms with Crippen LogP contribution in [0.4, 0.5) is 23.0 Å². The van der Waals surface area contributed by atoms with Crippen LogP contribution in [0.15, 0.2) is 83.1 Å². The first-order valence-corrected chi connectivity index (χ1v) is 16.6. The van der Waals surface area contributed by atoms with Crippen LogP contribution in [0.25, 0.3) is 11.0 Å². The second kappa shape index (κ2) is 13.4. The van der Waals surface area contributed by atoms with E-state index in [-0.39, 0.29) is 11.7 Å². The number of nitrogens with one attached hydrogen (secondary N) is 2. The summed E-state index contributed by atoms with van der Waals surface area (Å²) in [4.78, 5) is 27.0. The van der Waals surface area contributed by atoms with Crippen LogP contribution >= 0.6 is 11.3 Å². The molecule has 5 heterocycles. The highest BCUT2D eigenvalue weighted by molar-refractivity contribution is 7.10. The van der Waals surface area contributed by atoms with Gasteiger partial charge in [0.1, 0.15) is 23.2 Å². The number of rotatable bonds is 9. The van der Waals surface area contributed by atoms with E-state index in [0.717, 1.165) is 74.5 Å². The van der Waals surface area contributed by atoms with Crippen LogP contribution in [-0.2, 0) is 11.3 Å². The first-order chi connectivity index (χ1) is 22.1. The Morgan fingerprint density at radius 3 is 2.69 bits per heavy atom. The van der Waals surface area contributed by atoms with Gasteiger partial charge in [-0.25, -0.2) is 4.98 Å². The van der Waals surface area contributed by atoms with Crippen molar-refractivity contribution >= 4 is 45.4 Å². The first-order valence-electron chi connectivity index (χ1n) is 15.7. The highest BCUT2D eigenvalue weighted by Crippen LogP contribution is 2.34. The second-order valence-corrected chi connectivity index (χ2v) is 12.7. The predicted octanol–water partition coefficient (Wildman–Crippen LogP) is 6.44. The Bertz CT molecular complexity index is 1790. The molecular formula is C35H38N6O3S. The number of fused-ring (bicyclic) bond motifs is 1. The maximum atomic E-state index is 14.3. The number of pyridine rings is 1. The number of thiophene rings is 1. The quantitative estimate of drug-likeness (QED) is 0.194. The zero-order chi connectivity index (χ0) is 30.6. The number of hydrogen-bond donors (Lipinski definition) is 2. The largest absolute Gasteiger partial charge is 0.489 e. The standard InChI is InChI=1S/C35H38N6O3S/c1-40(27-6-3-2-4-7-27)31-20-25-21-37-35(38-26-9-11-28(12-10-26)44-29-8-5-16-36-22-29)39-33(25)41(34(31)42)23-32-30(15-19-45-32)24-13-17-43-18-14-24/h2-4,6-7,9-12,15,19-21,24,29,36H,5,8,13-14,16-18,22-23H2,1H3,(H,37,38,39). The van der Waals surface area contributed by atoms with Gasteiger partial charge < -0.3 is 25.0 Å². The van der Waals surface area contributed by atoms with Crippen LogP contribution in [0.3, 0.4) is 0 Å². The maximum absolute atomic E-state index is 14.3. The van der Waals surface area contributed by atoms with E-state index < -0.39 is 0 Å². The Labute approximate surface area is 266 Å². The van der Waals surface area contributed by atoms with Crippen LogP contribution in [-0.4, -0.2) is 54.0 Å². The number of piperidine rings is 1. The van der Waals surface area contributed by atoms with E-state index in [1.807, 2.05) is 72.6 Å². The second-order valence-electron chi connectivity index (χ2n) is 11.7. The van der Waals surface area contributed by atoms with Gasteiger partial charge in [-0.05, 0) is 97.6 Å². The molecule has 0 spiro atoms. The summed E-state index contributed by atoms with van der Waals surface area (Å²) in [6.45, 7) is 3.91. The van der Waals surface area contributed by atoms with E-state index in [4.69, 9.17) is 14.5 Å². The van der Waals surface area contributed by atoms with Crippen molar-refractivity contribution in [1.29, 1.82) is 0 Å². The third kappa shape index (κ3) is 6.58. The molecule has 1 unspecified atom stereocenters. The Balaban J connectivity index is 1.22. The van der Waals surface area contributed by atoms with Gasteiger partial charge in [-0.1, -0.05) is 18.2 Å². The molecule has 1 atom stereocenters. The summed E-state index contributed by atoms with van der Waals surface area (Å²) >= 11 is 1.70. The number of ether oxygens (including phenoxy) is 2. The van der Waals surface area contributed by atoms with Crippen molar-refractivity contribution in [3.8, 4) is 5.75 Å². The molecule has 2 aromatic carbocycles. The molecule has 2 N–H and O–H groups in total. The molecular weight excluding hydrogens is 584 g/mol. The first kappa shape index (κ1) is 29.5. The van der Waals surface area contributed by atoms with Gasteiger partial charge in [-0.3, -0.25) is 9.36 Å². The SMILES string of the molecule is CN(c1ccccc1)c1cc2cnc(Nc3ccc(OC4CCCNC4)cc3)nc2n(Cc2sccc2C2CCOCC2)c1=O. The van der Waals surface area contributed by atoms with Crippen LogP contribution < -0.4 is 25.8 Å². The third-order valence-electron chi connectivity index (χ3n) is 8.72. The van der Waals surface area contributed by atoms with Gasteiger partial charge in [0.05, 0.1) is 6.54 Å². The lowest BCUT2D eigenvalue weighted by atomic mass is 9.92. The van der Waals surface area contributed by atoms with Gasteiger partial charge in [-0.2, -0.15) is 4.98 Å². The fraction of sp³-hybridized carbons (Fsp3) is 0.343. The van der Waals surface area contributed by atoms with Gasteiger partial charge in [0.25, 0.3) is 5.56 Å². The summed E-state index contributed by atoms with van der Waals surface area (Å²) in [6, 6.07) is 21.9. The van der Waals surface area contributed by atoms with E-state index in [1.54, 1.807) is 22.1 Å². The fourth-order valence-corrected chi connectivity index (χ4v) is 7.19. The van der Waals surface area contributed by atoms with E-state index in [1.165, 1.54) is 10.4 Å². The van der Waals surface area contributed by atoms with E-state index in [9.17, 15) is 4.79 Å². The smallest absolute Gasteiger partial charge is 0.276 e. The normalized spacial score (nSPS) is 17.3. The molecule has 0 aliphatic carbocycles. The van der Waals surface area contributed by atoms with E-state index in [0.29, 0.717) is 29.7 Å². The molecule has 5 aromatic rings. The van der Waals surface area contributed by atoms with Crippen LogP contribution in [0, 0.1) is 0 Å². The summed E-state index contributed by atoms with van der Waals surface area (Å²) in [6.07, 6.45) is 6.16. The number of aromatic nitrogens is 3. The molecule has 0 radical (unpaired) electrons. The highest BCUT2D eigenvalue weighted by Gasteiger charge is 2.22. The Morgan fingerprint density at radius 1 is 1.09 bits per heavy atom. The molecule has 0 amide bonds. The maximum Gasteiger partial charge on any atom is 0.276 e. The lowest BCUT2D eigenvalue weighted by Crippen LogP contribution is -2.37. The molecule has 232 valence electrons. The summed E-state index contributed by atoms with van der Waals surface area (Å²) in [5.41, 5.74) is 4.17. The monoisotopic (exact) mass is 622 g/mol. The average molecular weight is 623 g/mol. The Morgan fingerprint density at radius 2 is 1.91 bits per heavy atom. The molecule has 3 aromatic heterocycles. The lowest BCUT2D eigenvalue weighted by molar-refractivity contribution is 0.0852. The topological polar surface area (TPSA) is 93.5 Å². The van der Waals surface area contributed by atoms with Crippen molar-refractivity contribution in [3.63, 3.8) is 0 Å². The zero-order valence-corrected chi connectivity index (χ0v) is 26.3. The van der Waals surface area contributed by atoms with E-state index in [2.05, 4.69) is 27.1 Å². The van der Waals surface area contributed by atoms with Crippen LogP contribution in [0.2, 0.25) is 0 Å². The minimum absolute atomic E-state index is 0.0939. The molecule has 0 saturated carbocycles. The average Bonchev–Trinajstić information content (AvgIpc) is 3.56. The fourth-order valence-electron chi connectivity index (χ4n) is 6.24. The van der Waals surface area contributed by atoms with Crippen molar-refractivity contribution in [3.05, 3.63) is 99.1 Å². The number of anilines is 4. The molecule has 10 heteroatoms. The molecule has 7 rings (SSSR count). The minimum Gasteiger partial charge on any atom is -0.489 e. The van der Waals surface area contributed by atoms with Crippen molar-refractivity contribution < 1.29 is 9.47 Å². The number of hydrogen-bond acceptors (Lipinski definition) is 9. The van der Waals surface area contributed by atoms with Gasteiger partial charge >= 0.3 is 0 Å².